The van der Waals surface area contributed by atoms with Crippen LogP contribution in [0.25, 0.3) is 0 Å². The molecule has 1 aliphatic rings. The highest BCUT2D eigenvalue weighted by molar-refractivity contribution is 7.88. The van der Waals surface area contributed by atoms with Gasteiger partial charge in [0.25, 0.3) is 0 Å². The van der Waals surface area contributed by atoms with E-state index < -0.39 is 10.0 Å². The average Bonchev–Trinajstić information content (AvgIpc) is 2.67. The molecule has 0 saturated heterocycles. The zero-order valence-corrected chi connectivity index (χ0v) is 13.1. The molecule has 8 nitrogen and oxygen atoms in total. The Labute approximate surface area is 129 Å². The van der Waals surface area contributed by atoms with Gasteiger partial charge in [-0.05, 0) is 12.1 Å². The van der Waals surface area contributed by atoms with Crippen LogP contribution in [-0.2, 0) is 10.0 Å². The van der Waals surface area contributed by atoms with E-state index in [1.54, 1.807) is 6.07 Å². The van der Waals surface area contributed by atoms with Crippen LogP contribution < -0.4 is 25.2 Å². The lowest BCUT2D eigenvalue weighted by Gasteiger charge is -2.10. The SMILES string of the molecule is CS(=O)(=O)NCCN=C(N)Nc1ccc2c(c1)OCCCO2. The van der Waals surface area contributed by atoms with Crippen molar-refractivity contribution in [3.8, 4) is 11.5 Å². The van der Waals surface area contributed by atoms with Crippen LogP contribution in [0.4, 0.5) is 5.69 Å². The summed E-state index contributed by atoms with van der Waals surface area (Å²) in [6.45, 7) is 1.69. The normalized spacial score (nSPS) is 15.2. The number of nitrogens with one attached hydrogen (secondary N) is 2. The molecule has 0 unspecified atom stereocenters. The van der Waals surface area contributed by atoms with E-state index in [0.717, 1.165) is 18.4 Å². The Hall–Kier alpha value is -2.00. The number of sulfonamides is 1. The Kier molecular flexibility index (Phi) is 5.45. The van der Waals surface area contributed by atoms with E-state index in [1.165, 1.54) is 0 Å². The monoisotopic (exact) mass is 328 g/mol. The summed E-state index contributed by atoms with van der Waals surface area (Å²) in [4.78, 5) is 4.04. The summed E-state index contributed by atoms with van der Waals surface area (Å²) in [5, 5.41) is 2.93. The predicted molar refractivity (Wildman–Crippen MR) is 85.0 cm³/mol. The summed E-state index contributed by atoms with van der Waals surface area (Å²) in [6.07, 6.45) is 1.93. The van der Waals surface area contributed by atoms with Crippen molar-refractivity contribution in [2.45, 2.75) is 6.42 Å². The van der Waals surface area contributed by atoms with Gasteiger partial charge in [-0.3, -0.25) is 4.99 Å². The molecule has 122 valence electrons. The van der Waals surface area contributed by atoms with E-state index in [-0.39, 0.29) is 19.0 Å². The van der Waals surface area contributed by atoms with Gasteiger partial charge in [0.1, 0.15) is 0 Å². The van der Waals surface area contributed by atoms with Crippen molar-refractivity contribution < 1.29 is 17.9 Å². The summed E-state index contributed by atoms with van der Waals surface area (Å²) in [5.41, 5.74) is 6.48. The molecule has 0 spiro atoms. The molecule has 1 aliphatic heterocycles. The van der Waals surface area contributed by atoms with Crippen LogP contribution in [-0.4, -0.2) is 46.9 Å². The molecule has 0 atom stereocenters. The van der Waals surface area contributed by atoms with Crippen molar-refractivity contribution in [3.05, 3.63) is 18.2 Å². The minimum Gasteiger partial charge on any atom is -0.490 e. The van der Waals surface area contributed by atoms with Crippen LogP contribution in [0.3, 0.4) is 0 Å². The maximum absolute atomic E-state index is 10.9. The van der Waals surface area contributed by atoms with E-state index in [1.807, 2.05) is 12.1 Å². The van der Waals surface area contributed by atoms with E-state index in [2.05, 4.69) is 15.0 Å². The van der Waals surface area contributed by atoms with E-state index in [9.17, 15) is 8.42 Å². The van der Waals surface area contributed by atoms with Crippen LogP contribution in [0.1, 0.15) is 6.42 Å². The highest BCUT2D eigenvalue weighted by Gasteiger charge is 2.10. The van der Waals surface area contributed by atoms with Crippen molar-refractivity contribution in [1.82, 2.24) is 4.72 Å². The lowest BCUT2D eigenvalue weighted by Crippen LogP contribution is -2.27. The minimum absolute atomic E-state index is 0.197. The first-order chi connectivity index (χ1) is 10.4. The summed E-state index contributed by atoms with van der Waals surface area (Å²) in [6, 6.07) is 5.41. The number of aliphatic imine (C=N–C) groups is 1. The number of benzene rings is 1. The molecule has 22 heavy (non-hydrogen) atoms. The maximum atomic E-state index is 10.9. The summed E-state index contributed by atoms with van der Waals surface area (Å²) < 4.78 is 35.3. The number of rotatable bonds is 5. The first kappa shape index (κ1) is 16.4. The molecule has 1 aromatic rings. The molecule has 0 saturated carbocycles. The fourth-order valence-corrected chi connectivity index (χ4v) is 2.30. The number of ether oxygens (including phenoxy) is 2. The molecule has 0 radical (unpaired) electrons. The Morgan fingerprint density at radius 3 is 2.77 bits per heavy atom. The number of fused-ring (bicyclic) bond motifs is 1. The molecule has 0 amide bonds. The second-order valence-electron chi connectivity index (χ2n) is 4.77. The fourth-order valence-electron chi connectivity index (χ4n) is 1.84. The van der Waals surface area contributed by atoms with Gasteiger partial charge >= 0.3 is 0 Å². The first-order valence-corrected chi connectivity index (χ1v) is 8.74. The van der Waals surface area contributed by atoms with Crippen LogP contribution in [0.15, 0.2) is 23.2 Å². The Morgan fingerprint density at radius 2 is 2.05 bits per heavy atom. The first-order valence-electron chi connectivity index (χ1n) is 6.85. The molecule has 0 aliphatic carbocycles. The van der Waals surface area contributed by atoms with E-state index in [4.69, 9.17) is 15.2 Å². The van der Waals surface area contributed by atoms with Gasteiger partial charge in [0, 0.05) is 24.7 Å². The van der Waals surface area contributed by atoms with Crippen LogP contribution >= 0.6 is 0 Å². The van der Waals surface area contributed by atoms with Crippen LogP contribution in [0, 0.1) is 0 Å². The summed E-state index contributed by atoms with van der Waals surface area (Å²) in [7, 11) is -3.21. The molecule has 0 aromatic heterocycles. The number of hydrogen-bond acceptors (Lipinski definition) is 5. The molecule has 0 fully saturated rings. The van der Waals surface area contributed by atoms with Crippen molar-refractivity contribution >= 4 is 21.7 Å². The summed E-state index contributed by atoms with van der Waals surface area (Å²) >= 11 is 0. The molecule has 1 aromatic carbocycles. The number of hydrogen-bond donors (Lipinski definition) is 3. The Balaban J connectivity index is 1.91. The highest BCUT2D eigenvalue weighted by Crippen LogP contribution is 2.32. The van der Waals surface area contributed by atoms with Crippen molar-refractivity contribution in [1.29, 1.82) is 0 Å². The molecule has 0 bridgehead atoms. The third-order valence-corrected chi connectivity index (χ3v) is 3.51. The predicted octanol–water partition coefficient (Wildman–Crippen LogP) is 0.124. The topological polar surface area (TPSA) is 115 Å². The molecular formula is C13H20N4O4S. The molecule has 9 heteroatoms. The van der Waals surface area contributed by atoms with Gasteiger partial charge in [-0.15, -0.1) is 0 Å². The third kappa shape index (κ3) is 5.41. The van der Waals surface area contributed by atoms with Gasteiger partial charge in [-0.1, -0.05) is 0 Å². The quantitative estimate of drug-likeness (QED) is 0.402. The largest absolute Gasteiger partial charge is 0.490 e. The minimum atomic E-state index is -3.21. The maximum Gasteiger partial charge on any atom is 0.208 e. The Bertz CT molecular complexity index is 645. The number of nitrogens with two attached hydrogens (primary N) is 1. The zero-order valence-electron chi connectivity index (χ0n) is 12.3. The lowest BCUT2D eigenvalue weighted by atomic mass is 10.3. The fraction of sp³-hybridized carbons (Fsp3) is 0.462. The molecular weight excluding hydrogens is 308 g/mol. The van der Waals surface area contributed by atoms with E-state index >= 15 is 0 Å². The molecule has 1 heterocycles. The summed E-state index contributed by atoms with van der Waals surface area (Å²) in [5.74, 6) is 1.56. The lowest BCUT2D eigenvalue weighted by molar-refractivity contribution is 0.297. The third-order valence-electron chi connectivity index (χ3n) is 2.78. The highest BCUT2D eigenvalue weighted by atomic mass is 32.2. The van der Waals surface area contributed by atoms with Gasteiger partial charge in [0.15, 0.2) is 17.5 Å². The van der Waals surface area contributed by atoms with Gasteiger partial charge in [0.05, 0.1) is 26.0 Å². The van der Waals surface area contributed by atoms with Gasteiger partial charge < -0.3 is 20.5 Å². The standard InChI is InChI=1S/C13H20N4O4S/c1-22(18,19)16-6-5-15-13(14)17-10-3-4-11-12(9-10)21-8-2-7-20-11/h3-4,9,16H,2,5-8H2,1H3,(H3,14,15,17). The number of nitrogens with zero attached hydrogens (tertiary/aromatic N) is 1. The average molecular weight is 328 g/mol. The van der Waals surface area contributed by atoms with Gasteiger partial charge in [-0.25, -0.2) is 13.1 Å². The smallest absolute Gasteiger partial charge is 0.208 e. The van der Waals surface area contributed by atoms with Crippen LogP contribution in [0.2, 0.25) is 0 Å². The van der Waals surface area contributed by atoms with Gasteiger partial charge in [-0.2, -0.15) is 0 Å². The van der Waals surface area contributed by atoms with Crippen molar-refractivity contribution in [3.63, 3.8) is 0 Å². The second kappa shape index (κ2) is 7.32. The second-order valence-corrected chi connectivity index (χ2v) is 6.60. The van der Waals surface area contributed by atoms with Crippen LogP contribution in [0.5, 0.6) is 11.5 Å². The van der Waals surface area contributed by atoms with Crippen molar-refractivity contribution in [2.75, 3.05) is 37.9 Å². The Morgan fingerprint density at radius 1 is 1.32 bits per heavy atom. The zero-order chi connectivity index (χ0) is 16.0. The molecule has 2 rings (SSSR count). The number of guanidine groups is 1. The van der Waals surface area contributed by atoms with Gasteiger partial charge in [0.2, 0.25) is 10.0 Å². The van der Waals surface area contributed by atoms with Crippen molar-refractivity contribution in [2.24, 2.45) is 10.7 Å². The number of anilines is 1. The molecule has 4 N–H and O–H groups in total. The van der Waals surface area contributed by atoms with E-state index in [0.29, 0.717) is 24.7 Å².